The number of carbonyl (C=O) groups excluding carboxylic acids is 1. The van der Waals surface area contributed by atoms with Crippen LogP contribution in [0.3, 0.4) is 0 Å². The molecule has 1 rings (SSSR count). The van der Waals surface area contributed by atoms with E-state index in [-0.39, 0.29) is 17.9 Å². The van der Waals surface area contributed by atoms with Gasteiger partial charge in [0.25, 0.3) is 0 Å². The highest BCUT2D eigenvalue weighted by Crippen LogP contribution is 2.28. The summed E-state index contributed by atoms with van der Waals surface area (Å²) in [5.41, 5.74) is 6.39. The third-order valence-electron chi connectivity index (χ3n) is 2.58. The van der Waals surface area contributed by atoms with E-state index in [1.54, 1.807) is 18.2 Å². The lowest BCUT2D eigenvalue weighted by Gasteiger charge is -2.16. The van der Waals surface area contributed by atoms with E-state index in [9.17, 15) is 4.79 Å². The Balaban J connectivity index is 2.76. The number of anilines is 1. The number of amides is 1. The number of hydrogen-bond donors (Lipinski definition) is 2. The van der Waals surface area contributed by atoms with Gasteiger partial charge in [-0.15, -0.1) is 0 Å². The minimum Gasteiger partial charge on any atom is -0.489 e. The maximum atomic E-state index is 11.8. The molecule has 1 unspecified atom stereocenters. The summed E-state index contributed by atoms with van der Waals surface area (Å²) in [6, 6.07) is 4.60. The monoisotopic (exact) mass is 284 g/mol. The summed E-state index contributed by atoms with van der Waals surface area (Å²) in [6.45, 7) is 7.65. The summed E-state index contributed by atoms with van der Waals surface area (Å²) >= 11 is 6.09. The maximum Gasteiger partial charge on any atom is 0.241 e. The first-order valence-electron chi connectivity index (χ1n) is 6.34. The molecule has 19 heavy (non-hydrogen) atoms. The third-order valence-corrected chi connectivity index (χ3v) is 2.88. The van der Waals surface area contributed by atoms with E-state index in [2.05, 4.69) is 5.32 Å². The Hall–Kier alpha value is -1.26. The Bertz CT molecular complexity index is 447. The normalized spacial score (nSPS) is 12.6. The van der Waals surface area contributed by atoms with Gasteiger partial charge < -0.3 is 15.8 Å². The van der Waals surface area contributed by atoms with Crippen LogP contribution < -0.4 is 15.8 Å². The maximum absolute atomic E-state index is 11.8. The molecule has 0 spiro atoms. The molecule has 0 fully saturated rings. The first kappa shape index (κ1) is 15.8. The standard InChI is InChI=1S/C14H21ClN2O2/c1-8(2)13(16)14(18)17-10-5-6-12(11(15)7-10)19-9(3)4/h5-9,13H,16H2,1-4H3,(H,17,18). The molecule has 4 nitrogen and oxygen atoms in total. The Kier molecular flexibility index (Phi) is 5.63. The van der Waals surface area contributed by atoms with Crippen molar-refractivity contribution in [1.82, 2.24) is 0 Å². The molecule has 0 aromatic heterocycles. The van der Waals surface area contributed by atoms with E-state index in [0.717, 1.165) is 0 Å². The van der Waals surface area contributed by atoms with Crippen LogP contribution in [0.2, 0.25) is 5.02 Å². The van der Waals surface area contributed by atoms with E-state index < -0.39 is 6.04 Å². The lowest BCUT2D eigenvalue weighted by molar-refractivity contribution is -0.118. The lowest BCUT2D eigenvalue weighted by Crippen LogP contribution is -2.39. The van der Waals surface area contributed by atoms with Gasteiger partial charge in [-0.3, -0.25) is 4.79 Å². The second-order valence-electron chi connectivity index (χ2n) is 5.07. The molecule has 0 radical (unpaired) electrons. The molecule has 0 bridgehead atoms. The molecule has 3 N–H and O–H groups in total. The average molecular weight is 285 g/mol. The zero-order valence-electron chi connectivity index (χ0n) is 11.7. The van der Waals surface area contributed by atoms with Gasteiger partial charge in [0, 0.05) is 5.69 Å². The zero-order chi connectivity index (χ0) is 14.6. The Labute approximate surface area is 119 Å². The summed E-state index contributed by atoms with van der Waals surface area (Å²) < 4.78 is 5.52. The van der Waals surface area contributed by atoms with Gasteiger partial charge in [-0.1, -0.05) is 25.4 Å². The SMILES string of the molecule is CC(C)Oc1ccc(NC(=O)C(N)C(C)C)cc1Cl. The van der Waals surface area contributed by atoms with Crippen molar-refractivity contribution in [3.05, 3.63) is 23.2 Å². The van der Waals surface area contributed by atoms with Crippen LogP contribution >= 0.6 is 11.6 Å². The van der Waals surface area contributed by atoms with Crippen molar-refractivity contribution >= 4 is 23.2 Å². The predicted octanol–water partition coefficient (Wildman–Crippen LogP) is 3.05. The fourth-order valence-electron chi connectivity index (χ4n) is 1.46. The van der Waals surface area contributed by atoms with Crippen molar-refractivity contribution < 1.29 is 9.53 Å². The highest BCUT2D eigenvalue weighted by molar-refractivity contribution is 6.32. The van der Waals surface area contributed by atoms with Crippen LogP contribution in [0, 0.1) is 5.92 Å². The summed E-state index contributed by atoms with van der Waals surface area (Å²) in [6.07, 6.45) is 0.0484. The first-order valence-corrected chi connectivity index (χ1v) is 6.71. The summed E-state index contributed by atoms with van der Waals surface area (Å²) in [4.78, 5) is 11.8. The lowest BCUT2D eigenvalue weighted by atomic mass is 10.0. The van der Waals surface area contributed by atoms with Crippen molar-refractivity contribution in [3.8, 4) is 5.75 Å². The molecule has 1 amide bonds. The fraction of sp³-hybridized carbons (Fsp3) is 0.500. The number of benzene rings is 1. The van der Waals surface area contributed by atoms with E-state index in [0.29, 0.717) is 16.5 Å². The van der Waals surface area contributed by atoms with Gasteiger partial charge in [-0.05, 0) is 38.0 Å². The van der Waals surface area contributed by atoms with Gasteiger partial charge >= 0.3 is 0 Å². The van der Waals surface area contributed by atoms with Crippen molar-refractivity contribution in [1.29, 1.82) is 0 Å². The largest absolute Gasteiger partial charge is 0.489 e. The van der Waals surface area contributed by atoms with Crippen LogP contribution in [0.5, 0.6) is 5.75 Å². The van der Waals surface area contributed by atoms with Crippen LogP contribution in [0.15, 0.2) is 18.2 Å². The number of nitrogens with two attached hydrogens (primary N) is 1. The predicted molar refractivity (Wildman–Crippen MR) is 78.7 cm³/mol. The van der Waals surface area contributed by atoms with E-state index in [4.69, 9.17) is 22.1 Å². The quantitative estimate of drug-likeness (QED) is 0.873. The number of carbonyl (C=O) groups is 1. The van der Waals surface area contributed by atoms with Gasteiger partial charge in [0.05, 0.1) is 17.2 Å². The van der Waals surface area contributed by atoms with Gasteiger partial charge in [0.2, 0.25) is 5.91 Å². The second-order valence-corrected chi connectivity index (χ2v) is 5.48. The summed E-state index contributed by atoms with van der Waals surface area (Å²) in [5, 5.41) is 3.20. The Morgan fingerprint density at radius 3 is 2.42 bits per heavy atom. The fourth-order valence-corrected chi connectivity index (χ4v) is 1.68. The van der Waals surface area contributed by atoms with Crippen LogP contribution in [-0.2, 0) is 4.79 Å². The smallest absolute Gasteiger partial charge is 0.241 e. The molecular formula is C14H21ClN2O2. The van der Waals surface area contributed by atoms with Crippen molar-refractivity contribution in [2.24, 2.45) is 11.7 Å². The summed E-state index contributed by atoms with van der Waals surface area (Å²) in [7, 11) is 0. The molecule has 0 saturated carbocycles. The number of hydrogen-bond acceptors (Lipinski definition) is 3. The summed E-state index contributed by atoms with van der Waals surface area (Å²) in [5.74, 6) is 0.463. The highest BCUT2D eigenvalue weighted by atomic mass is 35.5. The highest BCUT2D eigenvalue weighted by Gasteiger charge is 2.17. The van der Waals surface area contributed by atoms with Gasteiger partial charge in [0.15, 0.2) is 0 Å². The first-order chi connectivity index (χ1) is 8.81. The molecule has 1 aromatic rings. The molecule has 0 saturated heterocycles. The van der Waals surface area contributed by atoms with E-state index >= 15 is 0 Å². The molecule has 1 aromatic carbocycles. The molecule has 0 aliphatic rings. The number of halogens is 1. The van der Waals surface area contributed by atoms with Crippen molar-refractivity contribution in [2.75, 3.05) is 5.32 Å². The van der Waals surface area contributed by atoms with Crippen LogP contribution in [0.1, 0.15) is 27.7 Å². The minimum atomic E-state index is -0.537. The van der Waals surface area contributed by atoms with Crippen molar-refractivity contribution in [2.45, 2.75) is 39.8 Å². The minimum absolute atomic E-state index is 0.0484. The zero-order valence-corrected chi connectivity index (χ0v) is 12.5. The third kappa shape index (κ3) is 4.73. The second kappa shape index (κ2) is 6.78. The Morgan fingerprint density at radius 2 is 1.95 bits per heavy atom. The van der Waals surface area contributed by atoms with Gasteiger partial charge in [-0.25, -0.2) is 0 Å². The van der Waals surface area contributed by atoms with Crippen molar-refractivity contribution in [3.63, 3.8) is 0 Å². The van der Waals surface area contributed by atoms with Crippen LogP contribution in [-0.4, -0.2) is 18.1 Å². The molecule has 0 heterocycles. The van der Waals surface area contributed by atoms with Gasteiger partial charge in [0.1, 0.15) is 5.75 Å². The Morgan fingerprint density at radius 1 is 1.32 bits per heavy atom. The van der Waals surface area contributed by atoms with E-state index in [1.165, 1.54) is 0 Å². The molecular weight excluding hydrogens is 264 g/mol. The number of ether oxygens (including phenoxy) is 1. The van der Waals surface area contributed by atoms with Crippen LogP contribution in [0.25, 0.3) is 0 Å². The van der Waals surface area contributed by atoms with Crippen LogP contribution in [0.4, 0.5) is 5.69 Å². The average Bonchev–Trinajstić information content (AvgIpc) is 2.31. The number of rotatable bonds is 5. The molecule has 1 atom stereocenters. The van der Waals surface area contributed by atoms with E-state index in [1.807, 2.05) is 27.7 Å². The number of nitrogens with one attached hydrogen (secondary N) is 1. The topological polar surface area (TPSA) is 64.3 Å². The molecule has 5 heteroatoms. The molecule has 106 valence electrons. The molecule has 0 aliphatic heterocycles. The molecule has 0 aliphatic carbocycles. The van der Waals surface area contributed by atoms with Gasteiger partial charge in [-0.2, -0.15) is 0 Å².